The number of hydrogen-bond acceptors (Lipinski definition) is 3. The molecule has 0 aliphatic heterocycles. The summed E-state index contributed by atoms with van der Waals surface area (Å²) < 4.78 is 11.9. The largest absolute Gasteiger partial charge is 0.547 e. The van der Waals surface area contributed by atoms with E-state index in [1.165, 1.54) is 62.4 Å². The Morgan fingerprint density at radius 2 is 1.73 bits per heavy atom. The molecule has 1 atom stereocenters. The highest BCUT2D eigenvalue weighted by Gasteiger charge is 2.35. The van der Waals surface area contributed by atoms with Crippen LogP contribution in [0.2, 0.25) is 18.1 Å². The zero-order valence-electron chi connectivity index (χ0n) is 17.8. The molecule has 1 aliphatic carbocycles. The predicted octanol–water partition coefficient (Wildman–Crippen LogP) is 6.99. The zero-order valence-corrected chi connectivity index (χ0v) is 18.8. The van der Waals surface area contributed by atoms with Crippen molar-refractivity contribution in [2.24, 2.45) is 5.92 Å². The number of esters is 1. The van der Waals surface area contributed by atoms with Gasteiger partial charge in [0.2, 0.25) is 0 Å². The fraction of sp³-hybridized carbons (Fsp3) is 0.864. The topological polar surface area (TPSA) is 35.5 Å². The predicted molar refractivity (Wildman–Crippen MR) is 113 cm³/mol. The van der Waals surface area contributed by atoms with Crippen LogP contribution in [0.4, 0.5) is 0 Å². The van der Waals surface area contributed by atoms with Crippen molar-refractivity contribution in [2.45, 2.75) is 110 Å². The number of rotatable bonds is 13. The Labute approximate surface area is 163 Å². The smallest absolute Gasteiger partial charge is 0.305 e. The fourth-order valence-corrected chi connectivity index (χ4v) is 8.88. The van der Waals surface area contributed by atoms with Gasteiger partial charge in [0.1, 0.15) is 0 Å². The number of ether oxygens (including phenoxy) is 1. The molecule has 0 N–H and O–H groups in total. The van der Waals surface area contributed by atoms with Crippen LogP contribution in [0.5, 0.6) is 0 Å². The number of hydrogen-bond donors (Lipinski definition) is 0. The molecule has 0 aromatic rings. The van der Waals surface area contributed by atoms with Gasteiger partial charge in [0.05, 0.1) is 12.4 Å². The highest BCUT2D eigenvalue weighted by atomic mass is 28.4. The lowest BCUT2D eigenvalue weighted by Crippen LogP contribution is -2.37. The zero-order chi connectivity index (χ0) is 19.3. The molecular weight excluding hydrogens is 340 g/mol. The standard InChI is InChI=1S/C22H42O3Si/c1-5-16-26(17-6-2,18-7-3)25-21-14-10-9-12-20(19-21)13-11-15-22(23)24-8-4/h19-20H,5-18H2,1-4H3. The summed E-state index contributed by atoms with van der Waals surface area (Å²) in [5.74, 6) is 1.80. The third-order valence-electron chi connectivity index (χ3n) is 5.40. The first kappa shape index (κ1) is 23.3. The van der Waals surface area contributed by atoms with Crippen molar-refractivity contribution in [1.82, 2.24) is 0 Å². The van der Waals surface area contributed by atoms with Gasteiger partial charge in [0.25, 0.3) is 8.32 Å². The molecule has 0 spiro atoms. The monoisotopic (exact) mass is 382 g/mol. The second kappa shape index (κ2) is 13.4. The fourth-order valence-electron chi connectivity index (χ4n) is 4.36. The minimum Gasteiger partial charge on any atom is -0.547 e. The Hall–Kier alpha value is -0.773. The number of carbonyl (C=O) groups is 1. The second-order valence-corrected chi connectivity index (χ2v) is 11.9. The van der Waals surface area contributed by atoms with E-state index in [9.17, 15) is 4.79 Å². The van der Waals surface area contributed by atoms with Crippen molar-refractivity contribution in [3.63, 3.8) is 0 Å². The molecule has 0 heterocycles. The van der Waals surface area contributed by atoms with Gasteiger partial charge in [-0.15, -0.1) is 0 Å². The maximum absolute atomic E-state index is 11.6. The molecule has 0 amide bonds. The maximum Gasteiger partial charge on any atom is 0.305 e. The average molecular weight is 383 g/mol. The number of carbonyl (C=O) groups excluding carboxylic acids is 1. The highest BCUT2D eigenvalue weighted by molar-refractivity contribution is 6.74. The van der Waals surface area contributed by atoms with E-state index in [2.05, 4.69) is 26.8 Å². The summed E-state index contributed by atoms with van der Waals surface area (Å²) in [6, 6.07) is 3.87. The maximum atomic E-state index is 11.6. The summed E-state index contributed by atoms with van der Waals surface area (Å²) >= 11 is 0. The van der Waals surface area contributed by atoms with Crippen molar-refractivity contribution in [3.05, 3.63) is 11.8 Å². The van der Waals surface area contributed by atoms with Gasteiger partial charge >= 0.3 is 5.97 Å². The summed E-state index contributed by atoms with van der Waals surface area (Å²) in [4.78, 5) is 11.6. The SMILES string of the molecule is CCC[Si](CCC)(CCC)OC1=CC(CCCC(=O)OCC)CCCC1. The van der Waals surface area contributed by atoms with E-state index in [4.69, 9.17) is 9.16 Å². The molecule has 4 heteroatoms. The first-order valence-corrected chi connectivity index (χ1v) is 13.7. The molecule has 1 unspecified atom stereocenters. The van der Waals surface area contributed by atoms with Crippen LogP contribution in [0.3, 0.4) is 0 Å². The molecule has 1 aliphatic rings. The minimum absolute atomic E-state index is 0.0539. The van der Waals surface area contributed by atoms with Crippen molar-refractivity contribution >= 4 is 14.3 Å². The lowest BCUT2D eigenvalue weighted by Gasteiger charge is -2.33. The van der Waals surface area contributed by atoms with E-state index in [0.29, 0.717) is 18.9 Å². The van der Waals surface area contributed by atoms with Gasteiger partial charge in [-0.1, -0.05) is 46.5 Å². The van der Waals surface area contributed by atoms with Crippen LogP contribution in [0.15, 0.2) is 11.8 Å². The Kier molecular flexibility index (Phi) is 12.0. The van der Waals surface area contributed by atoms with Crippen molar-refractivity contribution in [3.8, 4) is 0 Å². The Morgan fingerprint density at radius 1 is 1.08 bits per heavy atom. The summed E-state index contributed by atoms with van der Waals surface area (Å²) in [6.45, 7) is 9.26. The third kappa shape index (κ3) is 8.74. The first-order chi connectivity index (χ1) is 12.6. The van der Waals surface area contributed by atoms with Crippen molar-refractivity contribution in [1.29, 1.82) is 0 Å². The van der Waals surface area contributed by atoms with Crippen molar-refractivity contribution < 1.29 is 14.0 Å². The van der Waals surface area contributed by atoms with Crippen LogP contribution in [-0.4, -0.2) is 20.9 Å². The molecule has 0 aromatic carbocycles. The molecule has 0 saturated heterocycles. The molecule has 0 radical (unpaired) electrons. The van der Waals surface area contributed by atoms with Crippen LogP contribution >= 0.6 is 0 Å². The Bertz CT molecular complexity index is 403. The molecule has 152 valence electrons. The van der Waals surface area contributed by atoms with E-state index >= 15 is 0 Å². The van der Waals surface area contributed by atoms with Crippen LogP contribution in [-0.2, 0) is 14.0 Å². The van der Waals surface area contributed by atoms with E-state index < -0.39 is 8.32 Å². The molecule has 0 bridgehead atoms. The summed E-state index contributed by atoms with van der Waals surface area (Å²) in [6.07, 6.45) is 13.6. The van der Waals surface area contributed by atoms with E-state index in [1.807, 2.05) is 6.92 Å². The lowest BCUT2D eigenvalue weighted by atomic mass is 9.97. The molecule has 26 heavy (non-hydrogen) atoms. The van der Waals surface area contributed by atoms with E-state index in [0.717, 1.165) is 19.3 Å². The molecule has 0 aromatic heterocycles. The molecular formula is C22H42O3Si. The van der Waals surface area contributed by atoms with Gasteiger partial charge in [0, 0.05) is 12.8 Å². The average Bonchev–Trinajstić information content (AvgIpc) is 2.81. The first-order valence-electron chi connectivity index (χ1n) is 11.1. The van der Waals surface area contributed by atoms with Gasteiger partial charge in [-0.2, -0.15) is 0 Å². The second-order valence-electron chi connectivity index (χ2n) is 7.87. The van der Waals surface area contributed by atoms with Crippen LogP contribution in [0.1, 0.15) is 91.9 Å². The van der Waals surface area contributed by atoms with Crippen molar-refractivity contribution in [2.75, 3.05) is 6.61 Å². The molecule has 3 nitrogen and oxygen atoms in total. The van der Waals surface area contributed by atoms with Gasteiger partial charge in [-0.3, -0.25) is 4.79 Å². The van der Waals surface area contributed by atoms with Gasteiger partial charge in [-0.05, 0) is 62.7 Å². The number of allylic oxidation sites excluding steroid dienone is 2. The van der Waals surface area contributed by atoms with Gasteiger partial charge in [-0.25, -0.2) is 0 Å². The van der Waals surface area contributed by atoms with E-state index in [1.54, 1.807) is 0 Å². The third-order valence-corrected chi connectivity index (χ3v) is 10.3. The van der Waals surface area contributed by atoms with Crippen LogP contribution in [0, 0.1) is 5.92 Å². The quantitative estimate of drug-likeness (QED) is 0.254. The molecule has 0 saturated carbocycles. The van der Waals surface area contributed by atoms with Crippen LogP contribution in [0.25, 0.3) is 0 Å². The highest BCUT2D eigenvalue weighted by Crippen LogP contribution is 2.34. The molecule has 0 fully saturated rings. The van der Waals surface area contributed by atoms with E-state index in [-0.39, 0.29) is 5.97 Å². The van der Waals surface area contributed by atoms with Crippen LogP contribution < -0.4 is 0 Å². The summed E-state index contributed by atoms with van der Waals surface area (Å²) in [7, 11) is -1.64. The normalized spacial score (nSPS) is 18.2. The summed E-state index contributed by atoms with van der Waals surface area (Å²) in [5.41, 5.74) is 0. The Morgan fingerprint density at radius 3 is 2.31 bits per heavy atom. The molecule has 1 rings (SSSR count). The lowest BCUT2D eigenvalue weighted by molar-refractivity contribution is -0.143. The van der Waals surface area contributed by atoms with Gasteiger partial charge in [0.15, 0.2) is 0 Å². The Balaban J connectivity index is 2.70. The summed E-state index contributed by atoms with van der Waals surface area (Å²) in [5, 5.41) is 0. The minimum atomic E-state index is -1.64. The van der Waals surface area contributed by atoms with Gasteiger partial charge < -0.3 is 9.16 Å².